The molecule has 0 heterocycles. The molecule has 0 aliphatic carbocycles. The predicted molar refractivity (Wildman–Crippen MR) is 127 cm³/mol. The molecule has 0 aromatic heterocycles. The molecule has 0 aliphatic heterocycles. The first-order valence-electron chi connectivity index (χ1n) is 12.2. The zero-order chi connectivity index (χ0) is 22.6. The molecule has 0 saturated carbocycles. The standard InChI is InChI=1S/C27H42O4/c1-3-4-5-6-7-8-9-10-11-12-13-14-15-16-17-20-23-30-27(29)25-21-18-19-22-26(25)31-24(2)28/h10-11,18-19,21-22H,3-9,12-17,20,23H2,1-2H3/b11-10-. The van der Waals surface area contributed by atoms with Crippen molar-refractivity contribution in [1.82, 2.24) is 0 Å². The fraction of sp³-hybridized carbons (Fsp3) is 0.630. The van der Waals surface area contributed by atoms with E-state index in [4.69, 9.17) is 9.47 Å². The third kappa shape index (κ3) is 14.5. The number of para-hydroxylation sites is 1. The van der Waals surface area contributed by atoms with Crippen LogP contribution in [0, 0.1) is 0 Å². The van der Waals surface area contributed by atoms with Gasteiger partial charge in [-0.25, -0.2) is 4.79 Å². The van der Waals surface area contributed by atoms with Gasteiger partial charge >= 0.3 is 11.9 Å². The lowest BCUT2D eigenvalue weighted by molar-refractivity contribution is -0.131. The average molecular weight is 431 g/mol. The van der Waals surface area contributed by atoms with Gasteiger partial charge in [-0.1, -0.05) is 89.0 Å². The topological polar surface area (TPSA) is 52.6 Å². The quantitative estimate of drug-likeness (QED) is 0.103. The second-order valence-corrected chi connectivity index (χ2v) is 8.16. The van der Waals surface area contributed by atoms with E-state index < -0.39 is 11.9 Å². The molecule has 1 aromatic rings. The van der Waals surface area contributed by atoms with Crippen molar-refractivity contribution in [2.45, 2.75) is 104 Å². The number of hydrogen-bond acceptors (Lipinski definition) is 4. The maximum atomic E-state index is 12.2. The van der Waals surface area contributed by atoms with Gasteiger partial charge in [0.1, 0.15) is 11.3 Å². The Labute approximate surface area is 189 Å². The molecule has 31 heavy (non-hydrogen) atoms. The monoisotopic (exact) mass is 430 g/mol. The van der Waals surface area contributed by atoms with Crippen molar-refractivity contribution in [1.29, 1.82) is 0 Å². The summed E-state index contributed by atoms with van der Waals surface area (Å²) >= 11 is 0. The summed E-state index contributed by atoms with van der Waals surface area (Å²) in [5.74, 6) is -0.640. The molecule has 174 valence electrons. The SMILES string of the molecule is CCCCCCCC/C=C\CCCCCCCCOC(=O)c1ccccc1OC(C)=O. The van der Waals surface area contributed by atoms with Gasteiger partial charge in [0.05, 0.1) is 6.61 Å². The van der Waals surface area contributed by atoms with E-state index in [2.05, 4.69) is 19.1 Å². The fourth-order valence-corrected chi connectivity index (χ4v) is 3.47. The van der Waals surface area contributed by atoms with Crippen LogP contribution in [-0.4, -0.2) is 18.5 Å². The van der Waals surface area contributed by atoms with Crippen LogP contribution in [0.3, 0.4) is 0 Å². The summed E-state index contributed by atoms with van der Waals surface area (Å²) in [6.45, 7) is 3.97. The zero-order valence-electron chi connectivity index (χ0n) is 19.7. The summed E-state index contributed by atoms with van der Waals surface area (Å²) in [4.78, 5) is 23.3. The van der Waals surface area contributed by atoms with Crippen molar-refractivity contribution in [2.24, 2.45) is 0 Å². The van der Waals surface area contributed by atoms with Gasteiger partial charge in [0, 0.05) is 6.92 Å². The minimum atomic E-state index is -0.450. The van der Waals surface area contributed by atoms with E-state index in [1.807, 2.05) is 0 Å². The van der Waals surface area contributed by atoms with Gasteiger partial charge in [-0.05, 0) is 44.2 Å². The summed E-state index contributed by atoms with van der Waals surface area (Å²) in [6, 6.07) is 6.67. The van der Waals surface area contributed by atoms with Gasteiger partial charge in [-0.2, -0.15) is 0 Å². The Hall–Kier alpha value is -2.10. The average Bonchev–Trinajstić information content (AvgIpc) is 2.75. The van der Waals surface area contributed by atoms with E-state index in [0.29, 0.717) is 12.2 Å². The largest absolute Gasteiger partial charge is 0.462 e. The third-order valence-corrected chi connectivity index (χ3v) is 5.25. The van der Waals surface area contributed by atoms with Gasteiger partial charge in [-0.3, -0.25) is 4.79 Å². The molecule has 0 unspecified atom stereocenters. The second kappa shape index (κ2) is 18.7. The highest BCUT2D eigenvalue weighted by Gasteiger charge is 2.14. The van der Waals surface area contributed by atoms with Crippen molar-refractivity contribution in [3.63, 3.8) is 0 Å². The van der Waals surface area contributed by atoms with Gasteiger partial charge < -0.3 is 9.47 Å². The molecule has 0 fully saturated rings. The lowest BCUT2D eigenvalue weighted by Crippen LogP contribution is -2.11. The molecule has 0 amide bonds. The van der Waals surface area contributed by atoms with Crippen LogP contribution in [0.5, 0.6) is 5.75 Å². The highest BCUT2D eigenvalue weighted by atomic mass is 16.5. The smallest absolute Gasteiger partial charge is 0.341 e. The molecule has 4 nitrogen and oxygen atoms in total. The first kappa shape index (κ1) is 26.9. The van der Waals surface area contributed by atoms with Gasteiger partial charge in [0.15, 0.2) is 0 Å². The molecule has 1 aromatic carbocycles. The zero-order valence-corrected chi connectivity index (χ0v) is 19.7. The summed E-state index contributed by atoms with van der Waals surface area (Å²) in [5.41, 5.74) is 0.294. The second-order valence-electron chi connectivity index (χ2n) is 8.16. The Bertz CT molecular complexity index is 636. The Morgan fingerprint density at radius 1 is 0.774 bits per heavy atom. The Kier molecular flexibility index (Phi) is 16.2. The Morgan fingerprint density at radius 3 is 1.94 bits per heavy atom. The maximum absolute atomic E-state index is 12.2. The number of unbranched alkanes of at least 4 members (excludes halogenated alkanes) is 12. The molecule has 0 atom stereocenters. The maximum Gasteiger partial charge on any atom is 0.341 e. The Morgan fingerprint density at radius 2 is 1.32 bits per heavy atom. The molecular formula is C27H42O4. The molecule has 4 heteroatoms. The fourth-order valence-electron chi connectivity index (χ4n) is 3.47. The summed E-state index contributed by atoms with van der Waals surface area (Å²) in [6.07, 6.45) is 22.2. The normalized spacial score (nSPS) is 11.0. The number of esters is 2. The highest BCUT2D eigenvalue weighted by Crippen LogP contribution is 2.19. The van der Waals surface area contributed by atoms with E-state index in [0.717, 1.165) is 12.8 Å². The molecule has 0 bridgehead atoms. The number of carbonyl (C=O) groups is 2. The molecule has 0 spiro atoms. The molecule has 0 N–H and O–H groups in total. The van der Waals surface area contributed by atoms with Crippen molar-refractivity contribution in [2.75, 3.05) is 6.61 Å². The van der Waals surface area contributed by atoms with Crippen LogP contribution in [0.25, 0.3) is 0 Å². The van der Waals surface area contributed by atoms with Gasteiger partial charge in [0.2, 0.25) is 0 Å². The lowest BCUT2D eigenvalue weighted by Gasteiger charge is -2.09. The van der Waals surface area contributed by atoms with Crippen LogP contribution in [0.2, 0.25) is 0 Å². The lowest BCUT2D eigenvalue weighted by atomic mass is 10.1. The van der Waals surface area contributed by atoms with E-state index in [1.165, 1.54) is 84.0 Å². The highest BCUT2D eigenvalue weighted by molar-refractivity contribution is 5.93. The molecule has 0 aliphatic rings. The van der Waals surface area contributed by atoms with E-state index in [1.54, 1.807) is 24.3 Å². The number of rotatable bonds is 18. The molecule has 0 saturated heterocycles. The van der Waals surface area contributed by atoms with E-state index in [9.17, 15) is 9.59 Å². The minimum Gasteiger partial charge on any atom is -0.462 e. The van der Waals surface area contributed by atoms with Crippen LogP contribution >= 0.6 is 0 Å². The summed E-state index contributed by atoms with van der Waals surface area (Å²) < 4.78 is 10.4. The van der Waals surface area contributed by atoms with Crippen molar-refractivity contribution in [3.8, 4) is 5.75 Å². The first-order chi connectivity index (χ1) is 15.1. The molecule has 0 radical (unpaired) electrons. The predicted octanol–water partition coefficient (Wildman–Crippen LogP) is 7.81. The van der Waals surface area contributed by atoms with E-state index in [-0.39, 0.29) is 5.75 Å². The van der Waals surface area contributed by atoms with Crippen LogP contribution in [0.15, 0.2) is 36.4 Å². The van der Waals surface area contributed by atoms with Crippen LogP contribution in [0.1, 0.15) is 114 Å². The Balaban J connectivity index is 1.96. The third-order valence-electron chi connectivity index (χ3n) is 5.25. The van der Waals surface area contributed by atoms with E-state index >= 15 is 0 Å². The van der Waals surface area contributed by atoms with Crippen molar-refractivity contribution >= 4 is 11.9 Å². The summed E-state index contributed by atoms with van der Waals surface area (Å²) in [5, 5.41) is 0. The number of ether oxygens (including phenoxy) is 2. The first-order valence-corrected chi connectivity index (χ1v) is 12.2. The van der Waals surface area contributed by atoms with Crippen molar-refractivity contribution in [3.05, 3.63) is 42.0 Å². The number of carbonyl (C=O) groups excluding carboxylic acids is 2. The number of hydrogen-bond donors (Lipinski definition) is 0. The number of benzene rings is 1. The van der Waals surface area contributed by atoms with Crippen LogP contribution < -0.4 is 4.74 Å². The van der Waals surface area contributed by atoms with Crippen LogP contribution in [0.4, 0.5) is 0 Å². The van der Waals surface area contributed by atoms with Gasteiger partial charge in [-0.15, -0.1) is 0 Å². The molecule has 1 rings (SSSR count). The minimum absolute atomic E-state index is 0.251. The summed E-state index contributed by atoms with van der Waals surface area (Å²) in [7, 11) is 0. The van der Waals surface area contributed by atoms with Gasteiger partial charge in [0.25, 0.3) is 0 Å². The molecular weight excluding hydrogens is 388 g/mol. The van der Waals surface area contributed by atoms with Crippen LogP contribution in [-0.2, 0) is 9.53 Å². The number of allylic oxidation sites excluding steroid dienone is 2. The van der Waals surface area contributed by atoms with Crippen molar-refractivity contribution < 1.29 is 19.1 Å².